The lowest BCUT2D eigenvalue weighted by atomic mass is 9.71. The summed E-state index contributed by atoms with van der Waals surface area (Å²) in [5.74, 6) is 0. The first kappa shape index (κ1) is 16.0. The molecule has 0 heterocycles. The summed E-state index contributed by atoms with van der Waals surface area (Å²) >= 11 is 0. The fourth-order valence-electron chi connectivity index (χ4n) is 3.09. The molecule has 1 atom stereocenters. The number of benzene rings is 1. The van der Waals surface area contributed by atoms with Crippen LogP contribution in [0.2, 0.25) is 0 Å². The van der Waals surface area contributed by atoms with Gasteiger partial charge in [-0.3, -0.25) is 0 Å². The fraction of sp³-hybridized carbons (Fsp3) is 0.389. The third-order valence-electron chi connectivity index (χ3n) is 4.65. The Bertz CT molecular complexity index is 761. The van der Waals surface area contributed by atoms with Gasteiger partial charge in [-0.05, 0) is 62.7 Å². The number of hydrogen-bond acceptors (Lipinski definition) is 3. The van der Waals surface area contributed by atoms with Gasteiger partial charge in [0.2, 0.25) is 0 Å². The van der Waals surface area contributed by atoms with Crippen molar-refractivity contribution in [2.75, 3.05) is 0 Å². The molecule has 4 nitrogen and oxygen atoms in total. The zero-order chi connectivity index (χ0) is 16.3. The quantitative estimate of drug-likeness (QED) is 0.678. The van der Waals surface area contributed by atoms with Gasteiger partial charge in [0.05, 0.1) is 10.6 Å². The van der Waals surface area contributed by atoms with Gasteiger partial charge < -0.3 is 0 Å². The van der Waals surface area contributed by atoms with E-state index < -0.39 is 10.0 Å². The van der Waals surface area contributed by atoms with Gasteiger partial charge in [-0.15, -0.1) is 0 Å². The van der Waals surface area contributed by atoms with Gasteiger partial charge in [-0.25, -0.2) is 0 Å². The van der Waals surface area contributed by atoms with Crippen molar-refractivity contribution in [2.24, 2.45) is 10.5 Å². The molecule has 0 amide bonds. The van der Waals surface area contributed by atoms with E-state index in [-0.39, 0.29) is 10.3 Å². The van der Waals surface area contributed by atoms with E-state index in [2.05, 4.69) is 28.2 Å². The maximum absolute atomic E-state index is 12.2. The molecule has 1 aromatic rings. The van der Waals surface area contributed by atoms with Crippen molar-refractivity contribution in [1.29, 1.82) is 0 Å². The molecule has 0 fully saturated rings. The number of hydrogen-bond donors (Lipinski definition) is 1. The van der Waals surface area contributed by atoms with Gasteiger partial charge in [-0.1, -0.05) is 35.9 Å². The van der Waals surface area contributed by atoms with E-state index in [9.17, 15) is 8.42 Å². The lowest BCUT2D eigenvalue weighted by Crippen LogP contribution is -2.26. The molecular formula is C18H22N2O2S. The molecular weight excluding hydrogens is 308 g/mol. The molecule has 3 rings (SSSR count). The first-order valence-corrected chi connectivity index (χ1v) is 9.47. The second-order valence-corrected chi connectivity index (χ2v) is 8.08. The molecule has 1 aromatic carbocycles. The summed E-state index contributed by atoms with van der Waals surface area (Å²) in [6, 6.07) is 6.75. The summed E-state index contributed by atoms with van der Waals surface area (Å²) in [6.45, 7) is 1.92. The van der Waals surface area contributed by atoms with Gasteiger partial charge in [0.1, 0.15) is 0 Å². The molecule has 2 aliphatic rings. The minimum atomic E-state index is -3.59. The topological polar surface area (TPSA) is 58.5 Å². The third kappa shape index (κ3) is 3.72. The molecule has 0 bridgehead atoms. The second kappa shape index (κ2) is 6.32. The van der Waals surface area contributed by atoms with Crippen LogP contribution in [0.5, 0.6) is 0 Å². The molecule has 0 saturated heterocycles. The summed E-state index contributed by atoms with van der Waals surface area (Å²) < 4.78 is 24.5. The van der Waals surface area contributed by atoms with Crippen molar-refractivity contribution in [3.05, 3.63) is 54.1 Å². The largest absolute Gasteiger partial charge is 0.276 e. The first-order chi connectivity index (χ1) is 11.0. The Kier molecular flexibility index (Phi) is 4.39. The van der Waals surface area contributed by atoms with Crippen molar-refractivity contribution < 1.29 is 8.42 Å². The van der Waals surface area contributed by atoms with Crippen molar-refractivity contribution in [3.8, 4) is 0 Å². The summed E-state index contributed by atoms with van der Waals surface area (Å²) in [7, 11) is -3.59. The van der Waals surface area contributed by atoms with E-state index in [0.29, 0.717) is 0 Å². The average molecular weight is 330 g/mol. The van der Waals surface area contributed by atoms with Crippen LogP contribution in [0.1, 0.15) is 37.7 Å². The highest BCUT2D eigenvalue weighted by Gasteiger charge is 2.29. The minimum Gasteiger partial charge on any atom is -0.200 e. The zero-order valence-corrected chi connectivity index (χ0v) is 14.1. The number of nitrogens with one attached hydrogen (secondary N) is 1. The number of rotatable bonds is 3. The van der Waals surface area contributed by atoms with Crippen LogP contribution in [0.4, 0.5) is 0 Å². The maximum atomic E-state index is 12.2. The molecule has 0 aromatic heterocycles. The number of allylic oxidation sites excluding steroid dienone is 4. The van der Waals surface area contributed by atoms with Crippen LogP contribution in [0.25, 0.3) is 0 Å². The summed E-state index contributed by atoms with van der Waals surface area (Å²) in [4.78, 5) is 2.59. The fourth-order valence-corrected chi connectivity index (χ4v) is 3.92. The molecule has 23 heavy (non-hydrogen) atoms. The van der Waals surface area contributed by atoms with Crippen LogP contribution in [0.15, 0.2) is 58.6 Å². The molecule has 1 spiro atoms. The van der Waals surface area contributed by atoms with Gasteiger partial charge in [-0.2, -0.15) is 18.4 Å². The Morgan fingerprint density at radius 3 is 2.52 bits per heavy atom. The number of sulfonamides is 1. The summed E-state index contributed by atoms with van der Waals surface area (Å²) in [5.41, 5.74) is 2.07. The molecule has 0 aliphatic heterocycles. The van der Waals surface area contributed by atoms with Gasteiger partial charge >= 0.3 is 0 Å². The van der Waals surface area contributed by atoms with Gasteiger partial charge in [0.25, 0.3) is 10.0 Å². The van der Waals surface area contributed by atoms with E-state index in [1.165, 1.54) is 6.42 Å². The lowest BCUT2D eigenvalue weighted by Gasteiger charge is -2.34. The zero-order valence-electron chi connectivity index (χ0n) is 13.3. The molecule has 0 radical (unpaired) electrons. The maximum Gasteiger partial charge on any atom is 0.276 e. The molecule has 5 heteroatoms. The Morgan fingerprint density at radius 1 is 1.13 bits per heavy atom. The third-order valence-corrected chi connectivity index (χ3v) is 5.87. The minimum absolute atomic E-state index is 0.237. The van der Waals surface area contributed by atoms with Crippen molar-refractivity contribution in [2.45, 2.75) is 43.9 Å². The Hall–Kier alpha value is -1.88. The predicted octanol–water partition coefficient (Wildman–Crippen LogP) is 3.71. The van der Waals surface area contributed by atoms with Gasteiger partial charge in [0, 0.05) is 0 Å². The SMILES string of the molecule is Cc1ccc(S(=O)(=O)N/N=C2/C=C[C@]3(CC=CCC3)CC2)cc1. The number of hydrazone groups is 1. The standard InChI is InChI=1S/C18H22N2O2S/c1-15-5-7-17(8-6-15)23(21,22)20-19-16-9-13-18(14-10-16)11-3-2-4-12-18/h2-3,5-9,13,20H,4,10-12,14H2,1H3/b19-16-/t18-/m1/s1. The Morgan fingerprint density at radius 2 is 1.91 bits per heavy atom. The van der Waals surface area contributed by atoms with E-state index >= 15 is 0 Å². The van der Waals surface area contributed by atoms with Crippen LogP contribution in [-0.4, -0.2) is 14.1 Å². The number of nitrogens with zero attached hydrogens (tertiary/aromatic N) is 1. The van der Waals surface area contributed by atoms with E-state index in [1.807, 2.05) is 13.0 Å². The van der Waals surface area contributed by atoms with Gasteiger partial charge in [0.15, 0.2) is 0 Å². The van der Waals surface area contributed by atoms with Crippen LogP contribution < -0.4 is 4.83 Å². The highest BCUT2D eigenvalue weighted by Crippen LogP contribution is 2.40. The van der Waals surface area contributed by atoms with Crippen molar-refractivity contribution in [1.82, 2.24) is 4.83 Å². The molecule has 0 saturated carbocycles. The second-order valence-electron chi connectivity index (χ2n) is 6.42. The highest BCUT2D eigenvalue weighted by atomic mass is 32.2. The monoisotopic (exact) mass is 330 g/mol. The normalized spacial score (nSPS) is 25.9. The van der Waals surface area contributed by atoms with Crippen LogP contribution in [0, 0.1) is 12.3 Å². The van der Waals surface area contributed by atoms with E-state index in [1.54, 1.807) is 24.3 Å². The van der Waals surface area contributed by atoms with E-state index in [4.69, 9.17) is 0 Å². The first-order valence-electron chi connectivity index (χ1n) is 7.98. The summed E-state index contributed by atoms with van der Waals surface area (Å²) in [6.07, 6.45) is 13.9. The van der Waals surface area contributed by atoms with Crippen molar-refractivity contribution in [3.63, 3.8) is 0 Å². The van der Waals surface area contributed by atoms with E-state index in [0.717, 1.165) is 37.0 Å². The van der Waals surface area contributed by atoms with Crippen LogP contribution in [0.3, 0.4) is 0 Å². The Balaban J connectivity index is 1.70. The van der Waals surface area contributed by atoms with Crippen LogP contribution >= 0.6 is 0 Å². The molecule has 0 unspecified atom stereocenters. The highest BCUT2D eigenvalue weighted by molar-refractivity contribution is 7.89. The predicted molar refractivity (Wildman–Crippen MR) is 92.7 cm³/mol. The summed E-state index contributed by atoms with van der Waals surface area (Å²) in [5, 5.41) is 4.11. The molecule has 1 N–H and O–H groups in total. The lowest BCUT2D eigenvalue weighted by molar-refractivity contribution is 0.319. The molecule has 122 valence electrons. The smallest absolute Gasteiger partial charge is 0.200 e. The average Bonchev–Trinajstić information content (AvgIpc) is 2.56. The van der Waals surface area contributed by atoms with Crippen LogP contribution in [-0.2, 0) is 10.0 Å². The number of aryl methyl sites for hydroxylation is 1. The molecule has 2 aliphatic carbocycles. The van der Waals surface area contributed by atoms with Crippen molar-refractivity contribution >= 4 is 15.7 Å². The Labute approximate surface area is 138 Å².